The van der Waals surface area contributed by atoms with Crippen molar-refractivity contribution in [3.63, 3.8) is 0 Å². The molecule has 0 spiro atoms. The Morgan fingerprint density at radius 3 is 1.94 bits per heavy atom. The Hall–Kier alpha value is -0.570. The van der Waals surface area contributed by atoms with Crippen LogP contribution >= 0.6 is 0 Å². The third-order valence-corrected chi connectivity index (χ3v) is 2.56. The van der Waals surface area contributed by atoms with Gasteiger partial charge in [-0.1, -0.05) is 34.1 Å². The number of carbonyl (C=O) groups excluding carboxylic acids is 1. The van der Waals surface area contributed by atoms with E-state index in [0.717, 1.165) is 26.2 Å². The van der Waals surface area contributed by atoms with Crippen molar-refractivity contribution >= 4 is 5.91 Å². The van der Waals surface area contributed by atoms with Crippen LogP contribution in [0.3, 0.4) is 0 Å². The Kier molecular flexibility index (Phi) is 7.39. The van der Waals surface area contributed by atoms with E-state index in [0.29, 0.717) is 5.41 Å². The van der Waals surface area contributed by atoms with Gasteiger partial charge < -0.3 is 10.2 Å². The van der Waals surface area contributed by atoms with Crippen molar-refractivity contribution in [3.8, 4) is 0 Å². The van der Waals surface area contributed by atoms with Gasteiger partial charge in [0, 0.05) is 33.1 Å². The predicted molar refractivity (Wildman–Crippen MR) is 69.5 cm³/mol. The Balaban J connectivity index is 0.000000293. The first-order valence-corrected chi connectivity index (χ1v) is 6.33. The number of hydrogen-bond acceptors (Lipinski definition) is 2. The van der Waals surface area contributed by atoms with Gasteiger partial charge in [-0.05, 0) is 11.8 Å². The molecule has 1 fully saturated rings. The zero-order valence-electron chi connectivity index (χ0n) is 11.6. The first-order valence-electron chi connectivity index (χ1n) is 6.33. The molecule has 0 aromatic rings. The van der Waals surface area contributed by atoms with Crippen LogP contribution in [0.2, 0.25) is 0 Å². The lowest BCUT2D eigenvalue weighted by molar-refractivity contribution is -0.129. The molecule has 1 amide bonds. The van der Waals surface area contributed by atoms with Gasteiger partial charge in [-0.25, -0.2) is 0 Å². The molecule has 1 heterocycles. The van der Waals surface area contributed by atoms with Crippen molar-refractivity contribution in [2.24, 2.45) is 5.41 Å². The second-order valence-electron chi connectivity index (χ2n) is 5.57. The van der Waals surface area contributed by atoms with E-state index in [1.54, 1.807) is 6.92 Å². The van der Waals surface area contributed by atoms with E-state index in [1.165, 1.54) is 12.8 Å². The zero-order chi connectivity index (χ0) is 12.6. The summed E-state index contributed by atoms with van der Waals surface area (Å²) in [6, 6.07) is 0. The molecule has 0 bridgehead atoms. The summed E-state index contributed by atoms with van der Waals surface area (Å²) >= 11 is 0. The maximum Gasteiger partial charge on any atom is 0.219 e. The fourth-order valence-electron chi connectivity index (χ4n) is 1.73. The number of nitrogens with zero attached hydrogens (tertiary/aromatic N) is 1. The van der Waals surface area contributed by atoms with Gasteiger partial charge in [-0.2, -0.15) is 0 Å². The highest BCUT2D eigenvalue weighted by molar-refractivity contribution is 5.73. The van der Waals surface area contributed by atoms with E-state index in [9.17, 15) is 4.79 Å². The molecule has 0 unspecified atom stereocenters. The predicted octanol–water partition coefficient (Wildman–Crippen LogP) is 2.27. The lowest BCUT2D eigenvalue weighted by Crippen LogP contribution is -2.45. The molecule has 0 atom stereocenters. The molecule has 3 nitrogen and oxygen atoms in total. The highest BCUT2D eigenvalue weighted by atomic mass is 16.2. The van der Waals surface area contributed by atoms with Gasteiger partial charge >= 0.3 is 0 Å². The van der Waals surface area contributed by atoms with Gasteiger partial charge in [-0.15, -0.1) is 0 Å². The summed E-state index contributed by atoms with van der Waals surface area (Å²) in [6.07, 6.45) is 2.65. The van der Waals surface area contributed by atoms with Gasteiger partial charge in [0.2, 0.25) is 5.91 Å². The largest absolute Gasteiger partial charge is 0.340 e. The molecular weight excluding hydrogens is 200 g/mol. The minimum atomic E-state index is 0.191. The standard InChI is InChI=1S/C7H16.C6H12N2O/c1-5-6-7(2,3)4;1-6(9)8-4-2-7-3-5-8/h5-6H2,1-4H3;7H,2-5H2,1H3. The molecule has 16 heavy (non-hydrogen) atoms. The third kappa shape index (κ3) is 8.72. The van der Waals surface area contributed by atoms with Crippen LogP contribution in [-0.4, -0.2) is 37.0 Å². The van der Waals surface area contributed by atoms with Crippen LogP contribution in [0.15, 0.2) is 0 Å². The van der Waals surface area contributed by atoms with E-state index in [2.05, 4.69) is 33.0 Å². The van der Waals surface area contributed by atoms with Crippen molar-refractivity contribution in [1.29, 1.82) is 0 Å². The Labute approximate surface area is 101 Å². The number of nitrogens with one attached hydrogen (secondary N) is 1. The highest BCUT2D eigenvalue weighted by Crippen LogP contribution is 2.19. The summed E-state index contributed by atoms with van der Waals surface area (Å²) in [6.45, 7) is 14.3. The van der Waals surface area contributed by atoms with Crippen LogP contribution in [0.5, 0.6) is 0 Å². The number of rotatable bonds is 1. The molecule has 1 aliphatic rings. The van der Waals surface area contributed by atoms with Crippen molar-refractivity contribution in [2.75, 3.05) is 26.2 Å². The molecule has 0 aliphatic carbocycles. The maximum absolute atomic E-state index is 10.7. The first-order chi connectivity index (χ1) is 7.37. The normalized spacial score (nSPS) is 16.4. The molecule has 0 aromatic carbocycles. The number of piperazine rings is 1. The topological polar surface area (TPSA) is 32.3 Å². The Morgan fingerprint density at radius 1 is 1.25 bits per heavy atom. The monoisotopic (exact) mass is 228 g/mol. The van der Waals surface area contributed by atoms with Crippen molar-refractivity contribution < 1.29 is 4.79 Å². The van der Waals surface area contributed by atoms with Crippen LogP contribution in [0, 0.1) is 5.41 Å². The van der Waals surface area contributed by atoms with E-state index in [1.807, 2.05) is 4.90 Å². The molecule has 1 aliphatic heterocycles. The number of amides is 1. The first kappa shape index (κ1) is 15.4. The zero-order valence-corrected chi connectivity index (χ0v) is 11.6. The minimum absolute atomic E-state index is 0.191. The van der Waals surface area contributed by atoms with Gasteiger partial charge in [0.15, 0.2) is 0 Å². The van der Waals surface area contributed by atoms with Crippen molar-refractivity contribution in [2.45, 2.75) is 47.5 Å². The van der Waals surface area contributed by atoms with Gasteiger partial charge in [0.05, 0.1) is 0 Å². The number of hydrogen-bond donors (Lipinski definition) is 1. The SMILES string of the molecule is CC(=O)N1CCNCC1.CCCC(C)(C)C. The lowest BCUT2D eigenvalue weighted by atomic mass is 9.91. The fourth-order valence-corrected chi connectivity index (χ4v) is 1.73. The van der Waals surface area contributed by atoms with Crippen molar-refractivity contribution in [3.05, 3.63) is 0 Å². The van der Waals surface area contributed by atoms with E-state index < -0.39 is 0 Å². The van der Waals surface area contributed by atoms with Crippen LogP contribution in [0.25, 0.3) is 0 Å². The van der Waals surface area contributed by atoms with Gasteiger partial charge in [0.1, 0.15) is 0 Å². The molecule has 0 aromatic heterocycles. The average molecular weight is 228 g/mol. The van der Waals surface area contributed by atoms with Gasteiger partial charge in [0.25, 0.3) is 0 Å². The second-order valence-corrected chi connectivity index (χ2v) is 5.57. The Bertz CT molecular complexity index is 191. The van der Waals surface area contributed by atoms with Crippen molar-refractivity contribution in [1.82, 2.24) is 10.2 Å². The molecule has 0 saturated carbocycles. The van der Waals surface area contributed by atoms with Crippen LogP contribution in [0.4, 0.5) is 0 Å². The quantitative estimate of drug-likeness (QED) is 0.746. The molecular formula is C13H28N2O. The summed E-state index contributed by atoms with van der Waals surface area (Å²) in [5.74, 6) is 0.191. The average Bonchev–Trinajstić information content (AvgIpc) is 2.18. The van der Waals surface area contributed by atoms with E-state index in [4.69, 9.17) is 0 Å². The molecule has 1 N–H and O–H groups in total. The summed E-state index contributed by atoms with van der Waals surface area (Å²) in [5, 5.41) is 3.18. The third-order valence-electron chi connectivity index (χ3n) is 2.56. The summed E-state index contributed by atoms with van der Waals surface area (Å²) < 4.78 is 0. The second kappa shape index (κ2) is 7.66. The molecule has 3 heteroatoms. The van der Waals surface area contributed by atoms with E-state index in [-0.39, 0.29) is 5.91 Å². The van der Waals surface area contributed by atoms with Crippen LogP contribution in [-0.2, 0) is 4.79 Å². The maximum atomic E-state index is 10.7. The molecule has 1 rings (SSSR count). The molecule has 0 radical (unpaired) electrons. The summed E-state index contributed by atoms with van der Waals surface area (Å²) in [7, 11) is 0. The smallest absolute Gasteiger partial charge is 0.219 e. The highest BCUT2D eigenvalue weighted by Gasteiger charge is 2.10. The molecule has 1 saturated heterocycles. The number of carbonyl (C=O) groups is 1. The Morgan fingerprint density at radius 2 is 1.75 bits per heavy atom. The van der Waals surface area contributed by atoms with E-state index >= 15 is 0 Å². The van der Waals surface area contributed by atoms with Crippen LogP contribution in [0.1, 0.15) is 47.5 Å². The summed E-state index contributed by atoms with van der Waals surface area (Å²) in [4.78, 5) is 12.6. The van der Waals surface area contributed by atoms with Crippen LogP contribution < -0.4 is 5.32 Å². The summed E-state index contributed by atoms with van der Waals surface area (Å²) in [5.41, 5.74) is 0.550. The fraction of sp³-hybridized carbons (Fsp3) is 0.923. The van der Waals surface area contributed by atoms with Gasteiger partial charge in [-0.3, -0.25) is 4.79 Å². The molecule has 96 valence electrons. The minimum Gasteiger partial charge on any atom is -0.340 e. The lowest BCUT2D eigenvalue weighted by Gasteiger charge is -2.25.